The second kappa shape index (κ2) is 15.8. The molecule has 1 aromatic rings. The first-order valence-corrected chi connectivity index (χ1v) is 15.5. The number of aliphatic hydroxyl groups is 2. The van der Waals surface area contributed by atoms with Crippen molar-refractivity contribution in [2.75, 3.05) is 34.0 Å². The summed E-state index contributed by atoms with van der Waals surface area (Å²) >= 11 is 2.05. The first-order chi connectivity index (χ1) is 20.1. The Balaban J connectivity index is 1.78. The van der Waals surface area contributed by atoms with Gasteiger partial charge in [0.05, 0.1) is 41.8 Å². The number of hydrogen-bond donors (Lipinski definition) is 4. The molecule has 1 saturated heterocycles. The lowest BCUT2D eigenvalue weighted by molar-refractivity contribution is -0.141. The van der Waals surface area contributed by atoms with E-state index in [1.165, 1.54) is 19.1 Å². The number of aliphatic carboxylic acids is 1. The molecule has 1 aliphatic heterocycles. The van der Waals surface area contributed by atoms with Crippen molar-refractivity contribution in [2.24, 2.45) is 17.8 Å². The number of ether oxygens (including phenoxy) is 2. The molecule has 1 heterocycles. The maximum Gasteiger partial charge on any atom is 0.303 e. The number of carbonyl (C=O) groups is 3. The van der Waals surface area contributed by atoms with Gasteiger partial charge >= 0.3 is 5.97 Å². The summed E-state index contributed by atoms with van der Waals surface area (Å²) in [5.41, 5.74) is 3.27. The van der Waals surface area contributed by atoms with Crippen LogP contribution in [0, 0.1) is 21.3 Å². The summed E-state index contributed by atoms with van der Waals surface area (Å²) in [5, 5.41) is 40.9. The number of methoxy groups -OCH3 is 2. The monoisotopic (exact) mass is 699 g/mol. The van der Waals surface area contributed by atoms with E-state index in [-0.39, 0.29) is 50.2 Å². The fourth-order valence-corrected chi connectivity index (χ4v) is 6.80. The Morgan fingerprint density at radius 1 is 1.17 bits per heavy atom. The Hall–Kier alpha value is -2.48. The molecule has 0 saturated carbocycles. The zero-order valence-corrected chi connectivity index (χ0v) is 26.6. The number of aromatic hydroxyl groups is 1. The van der Waals surface area contributed by atoms with Gasteiger partial charge in [-0.1, -0.05) is 25.0 Å². The number of fused-ring (bicyclic) bond motifs is 1. The van der Waals surface area contributed by atoms with Crippen LogP contribution in [0.3, 0.4) is 0 Å². The number of phenolic OH excluding ortho intramolecular Hbond substituents is 1. The lowest BCUT2D eigenvalue weighted by Crippen LogP contribution is -2.39. The Bertz CT molecular complexity index is 1210. The topological polar surface area (TPSA) is 154 Å². The fourth-order valence-electron chi connectivity index (χ4n) is 6.17. The molecule has 4 N–H and O–H groups in total. The molecule has 11 heteroatoms. The van der Waals surface area contributed by atoms with E-state index in [9.17, 15) is 29.7 Å². The van der Waals surface area contributed by atoms with Crippen molar-refractivity contribution in [1.82, 2.24) is 4.90 Å². The number of phenols is 1. The minimum atomic E-state index is -0.939. The van der Waals surface area contributed by atoms with Crippen molar-refractivity contribution in [3.05, 3.63) is 38.0 Å². The summed E-state index contributed by atoms with van der Waals surface area (Å²) in [6.07, 6.45) is 4.62. The lowest BCUT2D eigenvalue weighted by Gasteiger charge is -2.36. The molecule has 1 fully saturated rings. The maximum absolute atomic E-state index is 13.5. The van der Waals surface area contributed by atoms with Gasteiger partial charge in [-0.05, 0) is 90.0 Å². The summed E-state index contributed by atoms with van der Waals surface area (Å²) < 4.78 is 11.4. The first-order valence-electron chi connectivity index (χ1n) is 14.4. The Morgan fingerprint density at radius 3 is 2.52 bits per heavy atom. The number of imide groups is 1. The third kappa shape index (κ3) is 7.91. The van der Waals surface area contributed by atoms with E-state index in [0.29, 0.717) is 47.0 Å². The number of carbonyl (C=O) groups excluding carboxylic acids is 2. The van der Waals surface area contributed by atoms with Crippen LogP contribution in [-0.2, 0) is 19.1 Å². The highest BCUT2D eigenvalue weighted by atomic mass is 127. The molecule has 0 spiro atoms. The van der Waals surface area contributed by atoms with Crippen LogP contribution in [0.1, 0.15) is 63.9 Å². The molecule has 2 amide bonds. The van der Waals surface area contributed by atoms with Crippen LogP contribution < -0.4 is 4.74 Å². The van der Waals surface area contributed by atoms with E-state index in [2.05, 4.69) is 0 Å². The summed E-state index contributed by atoms with van der Waals surface area (Å²) in [5.74, 6) is -3.09. The number of carboxylic acid groups (broad SMARTS) is 1. The molecule has 232 valence electrons. The number of likely N-dealkylation sites (tertiary alicyclic amines) is 1. The number of carboxylic acids is 1. The van der Waals surface area contributed by atoms with Gasteiger partial charge in [-0.3, -0.25) is 19.3 Å². The number of amides is 2. The average molecular weight is 700 g/mol. The molecule has 1 aromatic carbocycles. The molecule has 3 rings (SSSR count). The number of nitrogens with zero attached hydrogens (tertiary/aromatic N) is 1. The molecule has 0 unspecified atom stereocenters. The van der Waals surface area contributed by atoms with Gasteiger partial charge in [0.15, 0.2) is 11.5 Å². The van der Waals surface area contributed by atoms with Crippen LogP contribution in [0.2, 0.25) is 0 Å². The van der Waals surface area contributed by atoms with Gasteiger partial charge < -0.3 is 29.9 Å². The Labute approximate surface area is 260 Å². The zero-order chi connectivity index (χ0) is 31.0. The molecule has 0 aromatic heterocycles. The number of allylic oxidation sites excluding steroid dienone is 1. The fraction of sp³-hybridized carbons (Fsp3) is 0.581. The Morgan fingerprint density at radius 2 is 1.90 bits per heavy atom. The molecule has 0 bridgehead atoms. The number of aliphatic hydroxyl groups excluding tert-OH is 2. The molecule has 1 aliphatic carbocycles. The number of hydrogen-bond acceptors (Lipinski definition) is 8. The van der Waals surface area contributed by atoms with Crippen molar-refractivity contribution < 1.29 is 44.3 Å². The number of benzene rings is 1. The van der Waals surface area contributed by atoms with Crippen molar-refractivity contribution in [3.8, 4) is 11.5 Å². The van der Waals surface area contributed by atoms with Crippen molar-refractivity contribution in [2.45, 2.75) is 64.4 Å². The summed E-state index contributed by atoms with van der Waals surface area (Å²) in [6, 6.07) is 3.61. The predicted molar refractivity (Wildman–Crippen MR) is 165 cm³/mol. The van der Waals surface area contributed by atoms with Gasteiger partial charge in [0, 0.05) is 26.0 Å². The van der Waals surface area contributed by atoms with Gasteiger partial charge in [-0.2, -0.15) is 0 Å². The third-order valence-corrected chi connectivity index (χ3v) is 9.08. The van der Waals surface area contributed by atoms with Gasteiger partial charge in [0.2, 0.25) is 11.8 Å². The van der Waals surface area contributed by atoms with Crippen LogP contribution >= 0.6 is 22.6 Å². The van der Waals surface area contributed by atoms with Gasteiger partial charge in [-0.25, -0.2) is 0 Å². The second-order valence-electron chi connectivity index (χ2n) is 10.9. The standard InChI is InChI=1S/C31H42INO9/c1-4-18(12-19-13-23(32)29(38)25(14-19)42-3)9-10-24(35)27-20(17-41-2)15-21-28(22(27)16-34)31(40)33(30(21)39)11-7-5-6-8-26(36)37/h12-14,21-22,24,28,34-35,38H,4-11,15-17H2,1-3H3,(H,36,37)/b18-12+/t21-,22+,24-,28-/m1/s1. The zero-order valence-electron chi connectivity index (χ0n) is 24.5. The van der Waals surface area contributed by atoms with Crippen molar-refractivity contribution >= 4 is 46.5 Å². The van der Waals surface area contributed by atoms with Crippen molar-refractivity contribution in [3.63, 3.8) is 0 Å². The van der Waals surface area contributed by atoms with Crippen molar-refractivity contribution in [1.29, 1.82) is 0 Å². The highest BCUT2D eigenvalue weighted by Gasteiger charge is 2.54. The smallest absolute Gasteiger partial charge is 0.303 e. The third-order valence-electron chi connectivity index (χ3n) is 8.26. The highest BCUT2D eigenvalue weighted by molar-refractivity contribution is 14.1. The van der Waals surface area contributed by atoms with E-state index >= 15 is 0 Å². The van der Waals surface area contributed by atoms with E-state index in [4.69, 9.17) is 14.6 Å². The number of halogens is 1. The summed E-state index contributed by atoms with van der Waals surface area (Å²) in [6.45, 7) is 2.04. The largest absolute Gasteiger partial charge is 0.504 e. The van der Waals surface area contributed by atoms with Crippen LogP contribution in [0.4, 0.5) is 0 Å². The number of rotatable bonds is 16. The van der Waals surface area contributed by atoms with Crippen LogP contribution in [0.15, 0.2) is 28.9 Å². The molecule has 10 nitrogen and oxygen atoms in total. The summed E-state index contributed by atoms with van der Waals surface area (Å²) in [4.78, 5) is 38.8. The van der Waals surface area contributed by atoms with Crippen LogP contribution in [-0.4, -0.2) is 83.2 Å². The highest BCUT2D eigenvalue weighted by Crippen LogP contribution is 2.46. The summed E-state index contributed by atoms with van der Waals surface area (Å²) in [7, 11) is 3.03. The first kappa shape index (κ1) is 34.0. The van der Waals surface area contributed by atoms with E-state index in [1.54, 1.807) is 6.07 Å². The molecular formula is C31H42INO9. The second-order valence-corrected chi connectivity index (χ2v) is 12.1. The van der Waals surface area contributed by atoms with Crippen LogP contribution in [0.25, 0.3) is 6.08 Å². The molecule has 2 aliphatic rings. The maximum atomic E-state index is 13.5. The number of unbranched alkanes of at least 4 members (excludes halogenated alkanes) is 2. The minimum absolute atomic E-state index is 0.0443. The molecular weight excluding hydrogens is 657 g/mol. The predicted octanol–water partition coefficient (Wildman–Crippen LogP) is 4.14. The molecule has 42 heavy (non-hydrogen) atoms. The van der Waals surface area contributed by atoms with Gasteiger partial charge in [0.1, 0.15) is 0 Å². The van der Waals surface area contributed by atoms with Crippen LogP contribution in [0.5, 0.6) is 11.5 Å². The van der Waals surface area contributed by atoms with E-state index in [1.807, 2.05) is 41.7 Å². The average Bonchev–Trinajstić information content (AvgIpc) is 3.20. The normalized spacial score (nSPS) is 21.6. The SMILES string of the molecule is CC/C(=C\c1cc(I)c(O)c(OC)c1)CC[C@@H](O)C1=C(COC)C[C@H]2C(=O)N(CCCCCC(=O)O)C(=O)[C@H]2[C@H]1CO. The molecule has 0 radical (unpaired) electrons. The van der Waals surface area contributed by atoms with E-state index < -0.39 is 29.8 Å². The minimum Gasteiger partial charge on any atom is -0.504 e. The lowest BCUT2D eigenvalue weighted by atomic mass is 9.68. The molecule has 4 atom stereocenters. The van der Waals surface area contributed by atoms with Gasteiger partial charge in [-0.15, -0.1) is 0 Å². The van der Waals surface area contributed by atoms with Gasteiger partial charge in [0.25, 0.3) is 0 Å². The quantitative estimate of drug-likeness (QED) is 0.0863. The Kier molecular flexibility index (Phi) is 12.8. The van der Waals surface area contributed by atoms with E-state index in [0.717, 1.165) is 23.1 Å².